The molecule has 3 aromatic rings. The third-order valence-corrected chi connectivity index (χ3v) is 3.65. The van der Waals surface area contributed by atoms with Gasteiger partial charge in [0.1, 0.15) is 28.9 Å². The number of hydrogen-bond donors (Lipinski definition) is 1. The second kappa shape index (κ2) is 7.84. The molecule has 8 heteroatoms. The van der Waals surface area contributed by atoms with Crippen molar-refractivity contribution < 1.29 is 18.6 Å². The van der Waals surface area contributed by atoms with Gasteiger partial charge in [0.05, 0.1) is 23.3 Å². The molecule has 1 N–H and O–H groups in total. The van der Waals surface area contributed by atoms with Crippen molar-refractivity contribution in [2.75, 3.05) is 0 Å². The SMILES string of the molecule is N#C/C(=C\c1ccc(-c2ccccc2[N+](=O)[O-])o1)C(=O)NCc1ccco1. The van der Waals surface area contributed by atoms with Crippen LogP contribution in [0.4, 0.5) is 5.69 Å². The number of nitriles is 1. The first-order valence-electron chi connectivity index (χ1n) is 7.84. The first-order chi connectivity index (χ1) is 13.1. The van der Waals surface area contributed by atoms with Crippen molar-refractivity contribution in [3.8, 4) is 17.4 Å². The fraction of sp³-hybridized carbons (Fsp3) is 0.0526. The Kier molecular flexibility index (Phi) is 5.14. The summed E-state index contributed by atoms with van der Waals surface area (Å²) >= 11 is 0. The van der Waals surface area contributed by atoms with Crippen LogP contribution >= 0.6 is 0 Å². The molecule has 0 bridgehead atoms. The first kappa shape index (κ1) is 17.7. The van der Waals surface area contributed by atoms with Crippen molar-refractivity contribution in [3.63, 3.8) is 0 Å². The fourth-order valence-corrected chi connectivity index (χ4v) is 2.38. The molecule has 27 heavy (non-hydrogen) atoms. The van der Waals surface area contributed by atoms with Crippen LogP contribution in [-0.4, -0.2) is 10.8 Å². The van der Waals surface area contributed by atoms with Gasteiger partial charge in [-0.15, -0.1) is 0 Å². The normalized spacial score (nSPS) is 11.0. The lowest BCUT2D eigenvalue weighted by molar-refractivity contribution is -0.384. The van der Waals surface area contributed by atoms with Gasteiger partial charge in [0.25, 0.3) is 11.6 Å². The van der Waals surface area contributed by atoms with Gasteiger partial charge in [0.15, 0.2) is 0 Å². The molecule has 0 radical (unpaired) electrons. The largest absolute Gasteiger partial charge is 0.467 e. The number of carbonyl (C=O) groups is 1. The van der Waals surface area contributed by atoms with Gasteiger partial charge in [0.2, 0.25) is 0 Å². The van der Waals surface area contributed by atoms with Gasteiger partial charge in [-0.25, -0.2) is 0 Å². The van der Waals surface area contributed by atoms with Gasteiger partial charge >= 0.3 is 0 Å². The minimum absolute atomic E-state index is 0.0981. The van der Waals surface area contributed by atoms with Crippen molar-refractivity contribution >= 4 is 17.7 Å². The van der Waals surface area contributed by atoms with Gasteiger partial charge in [0, 0.05) is 12.1 Å². The summed E-state index contributed by atoms with van der Waals surface area (Å²) in [6.07, 6.45) is 2.76. The molecular weight excluding hydrogens is 350 g/mol. The molecule has 0 saturated heterocycles. The maximum Gasteiger partial charge on any atom is 0.280 e. The average Bonchev–Trinajstić information content (AvgIpc) is 3.36. The molecule has 0 saturated carbocycles. The Bertz CT molecular complexity index is 1040. The highest BCUT2D eigenvalue weighted by Gasteiger charge is 2.17. The fourth-order valence-electron chi connectivity index (χ4n) is 2.38. The van der Waals surface area contributed by atoms with E-state index in [9.17, 15) is 20.2 Å². The maximum atomic E-state index is 12.1. The van der Waals surface area contributed by atoms with E-state index in [1.54, 1.807) is 36.4 Å². The number of para-hydroxylation sites is 1. The number of furan rings is 2. The molecule has 0 aliphatic rings. The Labute approximate surface area is 153 Å². The Morgan fingerprint density at radius 2 is 2.04 bits per heavy atom. The van der Waals surface area contributed by atoms with Crippen molar-refractivity contribution in [1.29, 1.82) is 5.26 Å². The van der Waals surface area contributed by atoms with Crippen LogP contribution in [0.5, 0.6) is 0 Å². The van der Waals surface area contributed by atoms with Crippen LogP contribution in [0.25, 0.3) is 17.4 Å². The lowest BCUT2D eigenvalue weighted by Crippen LogP contribution is -2.23. The smallest absolute Gasteiger partial charge is 0.280 e. The number of rotatable bonds is 6. The van der Waals surface area contributed by atoms with Gasteiger partial charge < -0.3 is 14.2 Å². The van der Waals surface area contributed by atoms with E-state index in [-0.39, 0.29) is 29.3 Å². The van der Waals surface area contributed by atoms with Crippen molar-refractivity contribution in [3.05, 3.63) is 82.0 Å². The predicted molar refractivity (Wildman–Crippen MR) is 94.9 cm³/mol. The van der Waals surface area contributed by atoms with E-state index in [0.717, 1.165) is 0 Å². The summed E-state index contributed by atoms with van der Waals surface area (Å²) < 4.78 is 10.7. The minimum Gasteiger partial charge on any atom is -0.467 e. The van der Waals surface area contributed by atoms with Gasteiger partial charge in [-0.05, 0) is 30.3 Å². The molecule has 3 rings (SSSR count). The quantitative estimate of drug-likeness (QED) is 0.308. The highest BCUT2D eigenvalue weighted by molar-refractivity contribution is 6.01. The number of benzene rings is 1. The number of hydrogen-bond acceptors (Lipinski definition) is 6. The van der Waals surface area contributed by atoms with Crippen LogP contribution < -0.4 is 5.32 Å². The summed E-state index contributed by atoms with van der Waals surface area (Å²) in [5.74, 6) is 0.463. The number of nitro benzene ring substituents is 1. The Morgan fingerprint density at radius 1 is 1.22 bits per heavy atom. The molecule has 134 valence electrons. The summed E-state index contributed by atoms with van der Waals surface area (Å²) in [6.45, 7) is 0.143. The Morgan fingerprint density at radius 3 is 2.74 bits per heavy atom. The number of nitrogens with zero attached hydrogens (tertiary/aromatic N) is 2. The Hall–Kier alpha value is -4.12. The lowest BCUT2D eigenvalue weighted by atomic mass is 10.1. The van der Waals surface area contributed by atoms with Crippen LogP contribution in [0, 0.1) is 21.4 Å². The van der Waals surface area contributed by atoms with Crippen molar-refractivity contribution in [1.82, 2.24) is 5.32 Å². The predicted octanol–water partition coefficient (Wildman–Crippen LogP) is 3.67. The molecule has 2 heterocycles. The summed E-state index contributed by atoms with van der Waals surface area (Å²) in [6, 6.07) is 14.4. The monoisotopic (exact) mass is 363 g/mol. The molecule has 2 aromatic heterocycles. The minimum atomic E-state index is -0.586. The van der Waals surface area contributed by atoms with Gasteiger partial charge in [-0.1, -0.05) is 12.1 Å². The topological polar surface area (TPSA) is 122 Å². The van der Waals surface area contributed by atoms with E-state index in [2.05, 4.69) is 5.32 Å². The standard InChI is InChI=1S/C19H13N3O5/c20-11-13(19(23)21-12-15-4-3-9-26-15)10-14-7-8-18(27-14)16-5-1-2-6-17(16)22(24)25/h1-10H,12H2,(H,21,23)/b13-10+. The summed E-state index contributed by atoms with van der Waals surface area (Å²) in [7, 11) is 0. The third kappa shape index (κ3) is 4.11. The van der Waals surface area contributed by atoms with E-state index in [1.807, 2.05) is 6.07 Å². The van der Waals surface area contributed by atoms with E-state index < -0.39 is 10.8 Å². The zero-order valence-corrected chi connectivity index (χ0v) is 13.9. The van der Waals surface area contributed by atoms with E-state index in [4.69, 9.17) is 8.83 Å². The average molecular weight is 363 g/mol. The van der Waals surface area contributed by atoms with Crippen LogP contribution in [0.3, 0.4) is 0 Å². The molecule has 0 unspecified atom stereocenters. The summed E-state index contributed by atoms with van der Waals surface area (Å²) in [5, 5.41) is 22.9. The number of nitro groups is 1. The highest BCUT2D eigenvalue weighted by atomic mass is 16.6. The number of amides is 1. The third-order valence-electron chi connectivity index (χ3n) is 3.65. The second-order valence-corrected chi connectivity index (χ2v) is 5.41. The van der Waals surface area contributed by atoms with E-state index >= 15 is 0 Å². The summed E-state index contributed by atoms with van der Waals surface area (Å²) in [5.41, 5.74) is 0.0482. The summed E-state index contributed by atoms with van der Waals surface area (Å²) in [4.78, 5) is 22.7. The molecule has 1 amide bonds. The molecule has 0 spiro atoms. The van der Waals surface area contributed by atoms with Crippen LogP contribution in [0.15, 0.2) is 69.2 Å². The van der Waals surface area contributed by atoms with Gasteiger partial charge in [-0.2, -0.15) is 5.26 Å². The van der Waals surface area contributed by atoms with Crippen molar-refractivity contribution in [2.45, 2.75) is 6.54 Å². The first-order valence-corrected chi connectivity index (χ1v) is 7.84. The molecule has 0 atom stereocenters. The highest BCUT2D eigenvalue weighted by Crippen LogP contribution is 2.31. The second-order valence-electron chi connectivity index (χ2n) is 5.41. The molecule has 8 nitrogen and oxygen atoms in total. The van der Waals surface area contributed by atoms with Crippen molar-refractivity contribution in [2.24, 2.45) is 0 Å². The number of nitrogens with one attached hydrogen (secondary N) is 1. The lowest BCUT2D eigenvalue weighted by Gasteiger charge is -2.01. The zero-order valence-electron chi connectivity index (χ0n) is 13.9. The van der Waals surface area contributed by atoms with Crippen LogP contribution in [-0.2, 0) is 11.3 Å². The van der Waals surface area contributed by atoms with E-state index in [1.165, 1.54) is 24.5 Å². The van der Waals surface area contributed by atoms with Gasteiger partial charge in [-0.3, -0.25) is 14.9 Å². The molecule has 1 aromatic carbocycles. The molecule has 0 aliphatic carbocycles. The van der Waals surface area contributed by atoms with Crippen LogP contribution in [0.2, 0.25) is 0 Å². The maximum absolute atomic E-state index is 12.1. The zero-order chi connectivity index (χ0) is 19.2. The van der Waals surface area contributed by atoms with Crippen LogP contribution in [0.1, 0.15) is 11.5 Å². The number of carbonyl (C=O) groups excluding carboxylic acids is 1. The molecule has 0 aliphatic heterocycles. The Balaban J connectivity index is 1.80. The molecule has 0 fully saturated rings. The van der Waals surface area contributed by atoms with E-state index in [0.29, 0.717) is 11.3 Å². The molecular formula is C19H13N3O5.